The van der Waals surface area contributed by atoms with Gasteiger partial charge in [-0.05, 0) is 18.6 Å². The molecule has 3 rings (SSSR count). The molecule has 8 heteroatoms. The Balaban J connectivity index is 1.92. The van der Waals surface area contributed by atoms with Crippen molar-refractivity contribution in [1.29, 1.82) is 0 Å². The van der Waals surface area contributed by atoms with Crippen molar-refractivity contribution in [2.24, 2.45) is 0 Å². The predicted molar refractivity (Wildman–Crippen MR) is 92.8 cm³/mol. The average molecular weight is 383 g/mol. The van der Waals surface area contributed by atoms with E-state index in [1.54, 1.807) is 4.90 Å². The molecular formula is C19H21F4N3O. The number of halogens is 4. The molecule has 1 aromatic heterocycles. The lowest BCUT2D eigenvalue weighted by Gasteiger charge is -2.29. The average Bonchev–Trinajstić information content (AvgIpc) is 2.54. The Kier molecular flexibility index (Phi) is 4.88. The van der Waals surface area contributed by atoms with Crippen LogP contribution in [0.3, 0.4) is 0 Å². The Labute approximate surface area is 154 Å². The van der Waals surface area contributed by atoms with Crippen LogP contribution in [0.15, 0.2) is 23.0 Å². The molecule has 0 radical (unpaired) electrons. The van der Waals surface area contributed by atoms with Crippen molar-refractivity contribution >= 4 is 0 Å². The first kappa shape index (κ1) is 19.5. The molecule has 0 saturated carbocycles. The number of nitrogens with one attached hydrogen (secondary N) is 1. The standard InChI is InChI=1S/C19H21F4N3O/c1-18(2,3)17-24-15-10-26(8-7-11(15)16(27)25-17)9-12-13(19(21,22)23)5-4-6-14(12)20/h4-6H,7-10H2,1-3H3,(H,24,25,27). The van der Waals surface area contributed by atoms with Gasteiger partial charge in [0.15, 0.2) is 0 Å². The summed E-state index contributed by atoms with van der Waals surface area (Å²) in [5.74, 6) is -0.361. The van der Waals surface area contributed by atoms with Gasteiger partial charge < -0.3 is 4.98 Å². The van der Waals surface area contributed by atoms with Crippen LogP contribution in [0.1, 0.15) is 49.0 Å². The molecule has 4 nitrogen and oxygen atoms in total. The van der Waals surface area contributed by atoms with E-state index < -0.39 is 17.6 Å². The van der Waals surface area contributed by atoms with E-state index >= 15 is 0 Å². The maximum absolute atomic E-state index is 14.1. The van der Waals surface area contributed by atoms with Crippen molar-refractivity contribution in [3.63, 3.8) is 0 Å². The number of fused-ring (bicyclic) bond motifs is 1. The van der Waals surface area contributed by atoms with Gasteiger partial charge in [-0.2, -0.15) is 13.2 Å². The number of hydrogen-bond donors (Lipinski definition) is 1. The van der Waals surface area contributed by atoms with Gasteiger partial charge in [0.05, 0.1) is 11.3 Å². The minimum atomic E-state index is -4.63. The Bertz CT molecular complexity index is 913. The lowest BCUT2D eigenvalue weighted by Crippen LogP contribution is -2.37. The molecule has 0 fully saturated rings. The van der Waals surface area contributed by atoms with Gasteiger partial charge in [0.25, 0.3) is 5.56 Å². The minimum absolute atomic E-state index is 0.194. The van der Waals surface area contributed by atoms with Crippen LogP contribution in [0.2, 0.25) is 0 Å². The summed E-state index contributed by atoms with van der Waals surface area (Å²) in [4.78, 5) is 21.3. The van der Waals surface area contributed by atoms with E-state index in [0.29, 0.717) is 30.0 Å². The third-order valence-corrected chi connectivity index (χ3v) is 4.67. The summed E-state index contributed by atoms with van der Waals surface area (Å²) in [6, 6.07) is 2.98. The number of hydrogen-bond acceptors (Lipinski definition) is 3. The number of H-pyrrole nitrogens is 1. The number of rotatable bonds is 2. The van der Waals surface area contributed by atoms with Crippen LogP contribution in [-0.2, 0) is 31.1 Å². The van der Waals surface area contributed by atoms with E-state index in [2.05, 4.69) is 9.97 Å². The molecule has 2 aromatic rings. The highest BCUT2D eigenvalue weighted by Gasteiger charge is 2.35. The van der Waals surface area contributed by atoms with Gasteiger partial charge in [0, 0.05) is 36.2 Å². The maximum Gasteiger partial charge on any atom is 0.416 e. The van der Waals surface area contributed by atoms with E-state index in [-0.39, 0.29) is 29.6 Å². The SMILES string of the molecule is CC(C)(C)c1nc2c(c(=O)[nH]1)CCN(Cc1c(F)cccc1C(F)(F)F)C2. The summed E-state index contributed by atoms with van der Waals surface area (Å²) in [5.41, 5.74) is -0.849. The van der Waals surface area contributed by atoms with E-state index in [1.807, 2.05) is 20.8 Å². The predicted octanol–water partition coefficient (Wildman–Crippen LogP) is 3.78. The molecule has 1 aliphatic heterocycles. The quantitative estimate of drug-likeness (QED) is 0.803. The molecule has 0 amide bonds. The molecular weight excluding hydrogens is 362 g/mol. The Morgan fingerprint density at radius 3 is 2.56 bits per heavy atom. The first-order chi connectivity index (χ1) is 12.5. The van der Waals surface area contributed by atoms with Crippen molar-refractivity contribution < 1.29 is 17.6 Å². The second-order valence-electron chi connectivity index (χ2n) is 7.81. The van der Waals surface area contributed by atoms with Gasteiger partial charge in [0.2, 0.25) is 0 Å². The van der Waals surface area contributed by atoms with Crippen molar-refractivity contribution in [3.05, 3.63) is 62.6 Å². The number of alkyl halides is 3. The van der Waals surface area contributed by atoms with Crippen molar-refractivity contribution in [2.45, 2.75) is 51.9 Å². The third kappa shape index (κ3) is 4.05. The molecule has 0 saturated heterocycles. The monoisotopic (exact) mass is 383 g/mol. The molecule has 1 aliphatic rings. The zero-order valence-electron chi connectivity index (χ0n) is 15.4. The fourth-order valence-electron chi connectivity index (χ4n) is 3.19. The lowest BCUT2D eigenvalue weighted by atomic mass is 9.94. The minimum Gasteiger partial charge on any atom is -0.310 e. The van der Waals surface area contributed by atoms with E-state index in [9.17, 15) is 22.4 Å². The summed E-state index contributed by atoms with van der Waals surface area (Å²) >= 11 is 0. The topological polar surface area (TPSA) is 49.0 Å². The van der Waals surface area contributed by atoms with Gasteiger partial charge in [-0.1, -0.05) is 26.8 Å². The Morgan fingerprint density at radius 1 is 1.22 bits per heavy atom. The van der Waals surface area contributed by atoms with Gasteiger partial charge in [-0.15, -0.1) is 0 Å². The molecule has 1 N–H and O–H groups in total. The van der Waals surface area contributed by atoms with Crippen LogP contribution < -0.4 is 5.56 Å². The largest absolute Gasteiger partial charge is 0.416 e. The van der Waals surface area contributed by atoms with Crippen LogP contribution in [-0.4, -0.2) is 21.4 Å². The van der Waals surface area contributed by atoms with E-state index in [4.69, 9.17) is 0 Å². The molecule has 0 spiro atoms. The molecule has 27 heavy (non-hydrogen) atoms. The van der Waals surface area contributed by atoms with Gasteiger partial charge >= 0.3 is 6.18 Å². The van der Waals surface area contributed by atoms with Crippen LogP contribution in [0.5, 0.6) is 0 Å². The molecule has 2 heterocycles. The number of benzene rings is 1. The van der Waals surface area contributed by atoms with Gasteiger partial charge in [-0.25, -0.2) is 9.37 Å². The zero-order chi connectivity index (χ0) is 20.0. The molecule has 0 aliphatic carbocycles. The van der Waals surface area contributed by atoms with Crippen LogP contribution in [0, 0.1) is 5.82 Å². The smallest absolute Gasteiger partial charge is 0.310 e. The van der Waals surface area contributed by atoms with Crippen molar-refractivity contribution in [3.8, 4) is 0 Å². The number of aromatic nitrogens is 2. The fraction of sp³-hybridized carbons (Fsp3) is 0.474. The molecule has 1 aromatic carbocycles. The lowest BCUT2D eigenvalue weighted by molar-refractivity contribution is -0.138. The second-order valence-corrected chi connectivity index (χ2v) is 7.81. The summed E-state index contributed by atoms with van der Waals surface area (Å²) < 4.78 is 53.8. The zero-order valence-corrected chi connectivity index (χ0v) is 15.4. The molecule has 146 valence electrons. The fourth-order valence-corrected chi connectivity index (χ4v) is 3.19. The third-order valence-electron chi connectivity index (χ3n) is 4.67. The summed E-state index contributed by atoms with van der Waals surface area (Å²) in [5, 5.41) is 0. The molecule has 0 unspecified atom stereocenters. The van der Waals surface area contributed by atoms with Crippen LogP contribution >= 0.6 is 0 Å². The Morgan fingerprint density at radius 2 is 1.93 bits per heavy atom. The highest BCUT2D eigenvalue weighted by molar-refractivity contribution is 5.31. The van der Waals surface area contributed by atoms with E-state index in [0.717, 1.165) is 18.2 Å². The Hall–Kier alpha value is -2.22. The number of aromatic amines is 1. The van der Waals surface area contributed by atoms with Crippen molar-refractivity contribution in [2.75, 3.05) is 6.54 Å². The maximum atomic E-state index is 14.1. The van der Waals surface area contributed by atoms with Gasteiger partial charge in [-0.3, -0.25) is 9.69 Å². The highest BCUT2D eigenvalue weighted by Crippen LogP contribution is 2.34. The molecule has 0 atom stereocenters. The summed E-state index contributed by atoms with van der Waals surface area (Å²) in [6.07, 6.45) is -4.27. The van der Waals surface area contributed by atoms with Crippen molar-refractivity contribution in [1.82, 2.24) is 14.9 Å². The normalized spacial score (nSPS) is 15.7. The van der Waals surface area contributed by atoms with E-state index in [1.165, 1.54) is 0 Å². The summed E-state index contributed by atoms with van der Waals surface area (Å²) in [6.45, 7) is 6.10. The second kappa shape index (κ2) is 6.74. The first-order valence-electron chi connectivity index (χ1n) is 8.66. The first-order valence-corrected chi connectivity index (χ1v) is 8.66. The number of nitrogens with zero attached hydrogens (tertiary/aromatic N) is 2. The highest BCUT2D eigenvalue weighted by atomic mass is 19.4. The van der Waals surface area contributed by atoms with Crippen LogP contribution in [0.4, 0.5) is 17.6 Å². The van der Waals surface area contributed by atoms with Gasteiger partial charge in [0.1, 0.15) is 11.6 Å². The summed E-state index contributed by atoms with van der Waals surface area (Å²) in [7, 11) is 0. The van der Waals surface area contributed by atoms with Crippen LogP contribution in [0.25, 0.3) is 0 Å². The molecule has 0 bridgehead atoms.